The van der Waals surface area contributed by atoms with Crippen LogP contribution in [0.25, 0.3) is 27.1 Å². The third-order valence-corrected chi connectivity index (χ3v) is 6.60. The minimum absolute atomic E-state index is 0.182. The summed E-state index contributed by atoms with van der Waals surface area (Å²) in [5.41, 5.74) is 6.62. The topological polar surface area (TPSA) is 87.3 Å². The van der Waals surface area contributed by atoms with E-state index in [1.54, 1.807) is 17.5 Å². The Morgan fingerprint density at radius 1 is 1.06 bits per heavy atom. The molecular weight excluding hydrogens is 431 g/mol. The molecule has 10 heteroatoms. The normalized spacial score (nSPS) is 17.7. The van der Waals surface area contributed by atoms with Crippen LogP contribution in [0.1, 0.15) is 29.4 Å². The predicted molar refractivity (Wildman–Crippen MR) is 117 cm³/mol. The summed E-state index contributed by atoms with van der Waals surface area (Å²) < 4.78 is 27.4. The first-order valence-electron chi connectivity index (χ1n) is 9.99. The maximum Gasteiger partial charge on any atom is 0.319 e. The molecule has 6 rings (SSSR count). The predicted octanol–water partition coefficient (Wildman–Crippen LogP) is 4.22. The first kappa shape index (κ1) is 19.1. The molecule has 0 saturated heterocycles. The fraction of sp³-hybridized carbons (Fsp3) is 0.227. The van der Waals surface area contributed by atoms with Gasteiger partial charge >= 0.3 is 6.01 Å². The van der Waals surface area contributed by atoms with Crippen molar-refractivity contribution in [1.29, 1.82) is 0 Å². The van der Waals surface area contributed by atoms with E-state index in [9.17, 15) is 4.39 Å². The number of ether oxygens (including phenoxy) is 2. The molecule has 0 aliphatic heterocycles. The van der Waals surface area contributed by atoms with Gasteiger partial charge in [0.2, 0.25) is 11.8 Å². The third kappa shape index (κ3) is 2.98. The Balaban J connectivity index is 1.45. The average molecular weight is 448 g/mol. The third-order valence-electron chi connectivity index (χ3n) is 5.81. The summed E-state index contributed by atoms with van der Waals surface area (Å²) in [6.07, 6.45) is 3.71. The smallest absolute Gasteiger partial charge is 0.319 e. The molecule has 2 atom stereocenters. The quantitative estimate of drug-likeness (QED) is 0.398. The van der Waals surface area contributed by atoms with E-state index in [-0.39, 0.29) is 11.9 Å². The molecular formula is C22H17FN6O2S. The van der Waals surface area contributed by atoms with Crippen molar-refractivity contribution in [2.24, 2.45) is 0 Å². The van der Waals surface area contributed by atoms with Crippen LogP contribution >= 0.6 is 11.3 Å². The summed E-state index contributed by atoms with van der Waals surface area (Å²) >= 11 is 1.63. The van der Waals surface area contributed by atoms with Crippen molar-refractivity contribution >= 4 is 27.2 Å². The molecule has 4 heterocycles. The Kier molecular flexibility index (Phi) is 4.29. The Morgan fingerprint density at radius 2 is 1.97 bits per heavy atom. The van der Waals surface area contributed by atoms with Gasteiger partial charge in [0.15, 0.2) is 5.65 Å². The lowest BCUT2D eigenvalue weighted by Crippen LogP contribution is -2.04. The molecule has 32 heavy (non-hydrogen) atoms. The molecule has 1 aliphatic rings. The molecule has 8 nitrogen and oxygen atoms in total. The second-order valence-corrected chi connectivity index (χ2v) is 8.50. The fourth-order valence-electron chi connectivity index (χ4n) is 4.16. The lowest BCUT2D eigenvalue weighted by Gasteiger charge is -2.11. The van der Waals surface area contributed by atoms with Gasteiger partial charge in [0.05, 0.1) is 47.4 Å². The van der Waals surface area contributed by atoms with Crippen LogP contribution in [-0.4, -0.2) is 43.8 Å². The van der Waals surface area contributed by atoms with Gasteiger partial charge in [-0.3, -0.25) is 0 Å². The highest BCUT2D eigenvalue weighted by molar-refractivity contribution is 7.16. The van der Waals surface area contributed by atoms with Gasteiger partial charge in [0.1, 0.15) is 0 Å². The molecule has 0 amide bonds. The number of aromatic nitrogens is 6. The van der Waals surface area contributed by atoms with Crippen molar-refractivity contribution in [3.63, 3.8) is 0 Å². The number of halogens is 1. The second-order valence-electron chi connectivity index (χ2n) is 7.61. The molecule has 160 valence electrons. The van der Waals surface area contributed by atoms with Gasteiger partial charge in [-0.25, -0.2) is 15.0 Å². The zero-order chi connectivity index (χ0) is 21.8. The minimum Gasteiger partial charge on any atom is -0.480 e. The molecule has 1 aliphatic carbocycles. The SMILES string of the molecule is COc1ncc(-c2cc(C3C[C@@H]3c3ccc4ncsc4c3)c3ncc(F)n3n2)c(OC)n1. The van der Waals surface area contributed by atoms with E-state index in [2.05, 4.69) is 43.2 Å². The van der Waals surface area contributed by atoms with Crippen molar-refractivity contribution < 1.29 is 13.9 Å². The Labute approximate surface area is 185 Å². The number of hydrogen-bond acceptors (Lipinski definition) is 8. The van der Waals surface area contributed by atoms with Gasteiger partial charge in [0, 0.05) is 11.8 Å². The van der Waals surface area contributed by atoms with Crippen LogP contribution in [0.5, 0.6) is 11.9 Å². The summed E-state index contributed by atoms with van der Waals surface area (Å²) in [4.78, 5) is 17.1. The van der Waals surface area contributed by atoms with Crippen molar-refractivity contribution in [2.75, 3.05) is 14.2 Å². The van der Waals surface area contributed by atoms with Gasteiger partial charge in [-0.05, 0) is 42.0 Å². The van der Waals surface area contributed by atoms with E-state index in [4.69, 9.17) is 9.47 Å². The average Bonchev–Trinajstić information content (AvgIpc) is 3.33. The van der Waals surface area contributed by atoms with Crippen LogP contribution in [-0.2, 0) is 0 Å². The molecule has 1 unspecified atom stereocenters. The van der Waals surface area contributed by atoms with Crippen molar-refractivity contribution in [2.45, 2.75) is 18.3 Å². The molecule has 5 aromatic rings. The van der Waals surface area contributed by atoms with Crippen LogP contribution in [0.3, 0.4) is 0 Å². The minimum atomic E-state index is -0.528. The molecule has 4 aromatic heterocycles. The van der Waals surface area contributed by atoms with E-state index >= 15 is 0 Å². The Hall–Kier alpha value is -3.66. The highest BCUT2D eigenvalue weighted by Gasteiger charge is 2.42. The van der Waals surface area contributed by atoms with Crippen LogP contribution in [0.4, 0.5) is 4.39 Å². The first-order valence-corrected chi connectivity index (χ1v) is 10.9. The van der Waals surface area contributed by atoms with Crippen molar-refractivity contribution in [3.05, 3.63) is 59.2 Å². The Bertz CT molecular complexity index is 1480. The van der Waals surface area contributed by atoms with Gasteiger partial charge < -0.3 is 9.47 Å². The molecule has 1 aromatic carbocycles. The number of benzene rings is 1. The van der Waals surface area contributed by atoms with Crippen LogP contribution < -0.4 is 9.47 Å². The maximum absolute atomic E-state index is 14.5. The van der Waals surface area contributed by atoms with Gasteiger partial charge in [0.25, 0.3) is 0 Å². The van der Waals surface area contributed by atoms with Gasteiger partial charge in [-0.1, -0.05) is 6.07 Å². The molecule has 0 spiro atoms. The standard InChI is InChI=1S/C22H17FN6O2S/c1-30-21-15(8-25-22(27-21)31-2)17-7-14(20-24-9-19(23)29(20)28-17)13-6-12(13)11-3-4-16-18(5-11)32-10-26-16/h3-5,7-10,12-13H,6H2,1-2H3/t12-,13?/m1/s1. The summed E-state index contributed by atoms with van der Waals surface area (Å²) in [5.74, 6) is 0.309. The van der Waals surface area contributed by atoms with Crippen molar-refractivity contribution in [3.8, 4) is 23.1 Å². The number of rotatable bonds is 5. The maximum atomic E-state index is 14.5. The highest BCUT2D eigenvalue weighted by atomic mass is 32.1. The van der Waals surface area contributed by atoms with E-state index in [1.807, 2.05) is 11.6 Å². The van der Waals surface area contributed by atoms with Crippen LogP contribution in [0, 0.1) is 5.95 Å². The van der Waals surface area contributed by atoms with Crippen LogP contribution in [0.2, 0.25) is 0 Å². The molecule has 0 radical (unpaired) electrons. The van der Waals surface area contributed by atoms with Crippen LogP contribution in [0.15, 0.2) is 42.2 Å². The van der Waals surface area contributed by atoms with Gasteiger partial charge in [-0.2, -0.15) is 19.0 Å². The fourth-order valence-corrected chi connectivity index (χ4v) is 4.89. The monoisotopic (exact) mass is 448 g/mol. The zero-order valence-corrected chi connectivity index (χ0v) is 18.0. The molecule has 0 bridgehead atoms. The largest absolute Gasteiger partial charge is 0.480 e. The lowest BCUT2D eigenvalue weighted by molar-refractivity contribution is 0.353. The van der Waals surface area contributed by atoms with E-state index in [0.29, 0.717) is 28.7 Å². The summed E-state index contributed by atoms with van der Waals surface area (Å²) in [6, 6.07) is 8.49. The first-order chi connectivity index (χ1) is 15.7. The molecule has 0 N–H and O–H groups in total. The number of hydrogen-bond donors (Lipinski definition) is 0. The summed E-state index contributed by atoms with van der Waals surface area (Å²) in [5, 5.41) is 4.44. The number of thiazole rings is 1. The summed E-state index contributed by atoms with van der Waals surface area (Å²) in [6.45, 7) is 0. The van der Waals surface area contributed by atoms with Crippen molar-refractivity contribution in [1.82, 2.24) is 29.5 Å². The van der Waals surface area contributed by atoms with Gasteiger partial charge in [-0.15, -0.1) is 11.3 Å². The van der Waals surface area contributed by atoms with E-state index in [1.165, 1.54) is 35.2 Å². The summed E-state index contributed by atoms with van der Waals surface area (Å²) in [7, 11) is 2.99. The number of fused-ring (bicyclic) bond motifs is 2. The zero-order valence-electron chi connectivity index (χ0n) is 17.2. The molecule has 1 fully saturated rings. The number of methoxy groups -OCH3 is 2. The molecule has 1 saturated carbocycles. The number of nitrogens with zero attached hydrogens (tertiary/aromatic N) is 6. The van der Waals surface area contributed by atoms with E-state index < -0.39 is 5.95 Å². The lowest BCUT2D eigenvalue weighted by atomic mass is 10.0. The van der Waals surface area contributed by atoms with E-state index in [0.717, 1.165) is 17.5 Å². The highest BCUT2D eigenvalue weighted by Crippen LogP contribution is 2.56. The number of imidazole rings is 1. The second kappa shape index (κ2) is 7.20. The Morgan fingerprint density at radius 3 is 2.81 bits per heavy atom.